The number of aliphatic hydroxyl groups is 1. The molecule has 78 valence electrons. The quantitative estimate of drug-likeness (QED) is 0.518. The van der Waals surface area contributed by atoms with E-state index in [0.29, 0.717) is 0 Å². The van der Waals surface area contributed by atoms with Crippen molar-refractivity contribution in [2.45, 2.75) is 26.5 Å². The average Bonchev–Trinajstić information content (AvgIpc) is 2.16. The van der Waals surface area contributed by atoms with Gasteiger partial charge in [0.2, 0.25) is 0 Å². The first kappa shape index (κ1) is 12.7. The Hall–Kier alpha value is -1.28. The van der Waals surface area contributed by atoms with E-state index in [9.17, 15) is 5.11 Å². The van der Waals surface area contributed by atoms with Crippen LogP contribution in [0.4, 0.5) is 0 Å². The van der Waals surface area contributed by atoms with E-state index in [1.54, 1.807) is 30.2 Å². The maximum absolute atomic E-state index is 9.36. The summed E-state index contributed by atoms with van der Waals surface area (Å²) in [6.07, 6.45) is 13.4. The van der Waals surface area contributed by atoms with E-state index in [-0.39, 0.29) is 0 Å². The van der Waals surface area contributed by atoms with E-state index in [1.807, 2.05) is 24.4 Å². The van der Waals surface area contributed by atoms with Gasteiger partial charge in [-0.3, -0.25) is 0 Å². The molecule has 0 saturated heterocycles. The highest BCUT2D eigenvalue weighted by molar-refractivity contribution is 5.06. The topological polar surface area (TPSA) is 23.5 Å². The lowest BCUT2D eigenvalue weighted by molar-refractivity contribution is 0.0868. The van der Waals surface area contributed by atoms with Crippen molar-refractivity contribution < 1.29 is 5.11 Å². The lowest BCUT2D eigenvalue weighted by Crippen LogP contribution is -2.21. The molecule has 0 amide bonds. The SMILES string of the molecule is C=C/C=C/N(/C=C/C=C/CC)C(C)O. The van der Waals surface area contributed by atoms with Crippen molar-refractivity contribution in [1.29, 1.82) is 0 Å². The monoisotopic (exact) mass is 193 g/mol. The van der Waals surface area contributed by atoms with E-state index in [1.165, 1.54) is 0 Å². The smallest absolute Gasteiger partial charge is 0.127 e. The Morgan fingerprint density at radius 2 is 1.93 bits per heavy atom. The minimum atomic E-state index is -0.530. The van der Waals surface area contributed by atoms with Gasteiger partial charge in [0.15, 0.2) is 0 Å². The van der Waals surface area contributed by atoms with Gasteiger partial charge in [0.25, 0.3) is 0 Å². The molecule has 0 aliphatic rings. The molecule has 1 unspecified atom stereocenters. The first-order chi connectivity index (χ1) is 6.72. The van der Waals surface area contributed by atoms with Crippen LogP contribution in [0.25, 0.3) is 0 Å². The Morgan fingerprint density at radius 3 is 2.43 bits per heavy atom. The van der Waals surface area contributed by atoms with E-state index in [0.717, 1.165) is 6.42 Å². The average molecular weight is 193 g/mol. The van der Waals surface area contributed by atoms with Crippen molar-refractivity contribution >= 4 is 0 Å². The summed E-state index contributed by atoms with van der Waals surface area (Å²) < 4.78 is 0. The summed E-state index contributed by atoms with van der Waals surface area (Å²) in [5.74, 6) is 0. The normalized spacial score (nSPS) is 14.2. The molecule has 2 nitrogen and oxygen atoms in total. The highest BCUT2D eigenvalue weighted by Crippen LogP contribution is 1.98. The zero-order chi connectivity index (χ0) is 10.8. The van der Waals surface area contributed by atoms with Gasteiger partial charge in [0, 0.05) is 12.4 Å². The second-order valence-electron chi connectivity index (χ2n) is 2.83. The Kier molecular flexibility index (Phi) is 7.56. The molecule has 0 aliphatic carbocycles. The van der Waals surface area contributed by atoms with E-state index < -0.39 is 6.23 Å². The molecule has 0 saturated carbocycles. The largest absolute Gasteiger partial charge is 0.374 e. The standard InChI is InChI=1S/C12H19NO/c1-4-6-8-9-11-13(12(3)14)10-7-5-2/h5-12,14H,2,4H2,1,3H3/b8-6+,10-7+,11-9+. The van der Waals surface area contributed by atoms with Crippen molar-refractivity contribution in [3.8, 4) is 0 Å². The first-order valence-electron chi connectivity index (χ1n) is 4.80. The van der Waals surface area contributed by atoms with Crippen molar-refractivity contribution in [2.75, 3.05) is 0 Å². The summed E-state index contributed by atoms with van der Waals surface area (Å²) in [5, 5.41) is 9.36. The Morgan fingerprint density at radius 1 is 1.29 bits per heavy atom. The zero-order valence-corrected chi connectivity index (χ0v) is 8.93. The molecule has 0 fully saturated rings. The van der Waals surface area contributed by atoms with Gasteiger partial charge in [-0.05, 0) is 25.5 Å². The zero-order valence-electron chi connectivity index (χ0n) is 8.93. The van der Waals surface area contributed by atoms with Crippen LogP contribution in [-0.4, -0.2) is 16.2 Å². The second kappa shape index (κ2) is 8.32. The molecule has 2 heteroatoms. The predicted octanol–water partition coefficient (Wildman–Crippen LogP) is 2.81. The maximum atomic E-state index is 9.36. The Balaban J connectivity index is 4.22. The van der Waals surface area contributed by atoms with Crippen LogP contribution in [0, 0.1) is 0 Å². The number of hydrogen-bond acceptors (Lipinski definition) is 2. The van der Waals surface area contributed by atoms with Gasteiger partial charge in [-0.15, -0.1) is 0 Å². The Labute approximate surface area is 86.5 Å². The number of aliphatic hydroxyl groups excluding tert-OH is 1. The summed E-state index contributed by atoms with van der Waals surface area (Å²) in [6.45, 7) is 7.36. The van der Waals surface area contributed by atoms with Crippen LogP contribution in [0.2, 0.25) is 0 Å². The van der Waals surface area contributed by atoms with Crippen molar-refractivity contribution in [3.05, 3.63) is 49.4 Å². The third-order valence-corrected chi connectivity index (χ3v) is 1.57. The fraction of sp³-hybridized carbons (Fsp3) is 0.333. The summed E-state index contributed by atoms with van der Waals surface area (Å²) in [7, 11) is 0. The highest BCUT2D eigenvalue weighted by atomic mass is 16.3. The maximum Gasteiger partial charge on any atom is 0.127 e. The minimum Gasteiger partial charge on any atom is -0.374 e. The number of nitrogens with zero attached hydrogens (tertiary/aromatic N) is 1. The van der Waals surface area contributed by atoms with Crippen LogP contribution in [-0.2, 0) is 0 Å². The fourth-order valence-corrected chi connectivity index (χ4v) is 0.823. The summed E-state index contributed by atoms with van der Waals surface area (Å²) >= 11 is 0. The van der Waals surface area contributed by atoms with Crippen molar-refractivity contribution in [3.63, 3.8) is 0 Å². The summed E-state index contributed by atoms with van der Waals surface area (Å²) in [4.78, 5) is 1.70. The molecule has 0 aromatic carbocycles. The number of rotatable bonds is 6. The molecule has 0 bridgehead atoms. The predicted molar refractivity (Wildman–Crippen MR) is 61.4 cm³/mol. The lowest BCUT2D eigenvalue weighted by Gasteiger charge is -2.18. The fourth-order valence-electron chi connectivity index (χ4n) is 0.823. The molecule has 0 aliphatic heterocycles. The Bertz CT molecular complexity index is 226. The van der Waals surface area contributed by atoms with Crippen LogP contribution in [0.15, 0.2) is 49.4 Å². The van der Waals surface area contributed by atoms with Gasteiger partial charge in [0.05, 0.1) is 0 Å². The van der Waals surface area contributed by atoms with E-state index in [2.05, 4.69) is 13.5 Å². The van der Waals surface area contributed by atoms with Gasteiger partial charge in [-0.1, -0.05) is 31.7 Å². The van der Waals surface area contributed by atoms with Crippen LogP contribution in [0.1, 0.15) is 20.3 Å². The molecule has 0 aromatic heterocycles. The third-order valence-electron chi connectivity index (χ3n) is 1.57. The van der Waals surface area contributed by atoms with Crippen molar-refractivity contribution in [1.82, 2.24) is 4.90 Å². The van der Waals surface area contributed by atoms with Gasteiger partial charge in [-0.25, -0.2) is 0 Å². The summed E-state index contributed by atoms with van der Waals surface area (Å²) in [5.41, 5.74) is 0. The highest BCUT2D eigenvalue weighted by Gasteiger charge is 1.98. The lowest BCUT2D eigenvalue weighted by atomic mass is 10.4. The van der Waals surface area contributed by atoms with E-state index >= 15 is 0 Å². The molecule has 1 N–H and O–H groups in total. The minimum absolute atomic E-state index is 0.530. The van der Waals surface area contributed by atoms with Gasteiger partial charge >= 0.3 is 0 Å². The number of allylic oxidation sites excluding steroid dienone is 5. The molecule has 1 atom stereocenters. The van der Waals surface area contributed by atoms with Crippen LogP contribution in [0.3, 0.4) is 0 Å². The van der Waals surface area contributed by atoms with Gasteiger partial charge in [-0.2, -0.15) is 0 Å². The van der Waals surface area contributed by atoms with Crippen molar-refractivity contribution in [2.24, 2.45) is 0 Å². The van der Waals surface area contributed by atoms with Gasteiger partial charge < -0.3 is 10.0 Å². The second-order valence-corrected chi connectivity index (χ2v) is 2.83. The molecule has 0 radical (unpaired) electrons. The third kappa shape index (κ3) is 6.26. The molecule has 0 spiro atoms. The van der Waals surface area contributed by atoms with Crippen LogP contribution >= 0.6 is 0 Å². The molecule has 0 heterocycles. The molecule has 14 heavy (non-hydrogen) atoms. The van der Waals surface area contributed by atoms with Crippen LogP contribution < -0.4 is 0 Å². The summed E-state index contributed by atoms with van der Waals surface area (Å²) in [6, 6.07) is 0. The molecular weight excluding hydrogens is 174 g/mol. The molecule has 0 rings (SSSR count). The van der Waals surface area contributed by atoms with E-state index in [4.69, 9.17) is 0 Å². The van der Waals surface area contributed by atoms with Crippen LogP contribution in [0.5, 0.6) is 0 Å². The number of hydrogen-bond donors (Lipinski definition) is 1. The van der Waals surface area contributed by atoms with Gasteiger partial charge in [0.1, 0.15) is 6.23 Å². The first-order valence-corrected chi connectivity index (χ1v) is 4.80. The molecule has 0 aromatic rings. The molecular formula is C12H19NO.